The first-order chi connectivity index (χ1) is 13.5. The summed E-state index contributed by atoms with van der Waals surface area (Å²) in [5.41, 5.74) is 1.48. The molecule has 1 N–H and O–H groups in total. The molecule has 4 rings (SSSR count). The molecule has 2 amide bonds. The molecular weight excluding hydrogens is 417 g/mol. The number of thioether (sulfide) groups is 1. The minimum Gasteiger partial charge on any atom is -0.300 e. The second-order valence-corrected chi connectivity index (χ2v) is 8.56. The maximum absolute atomic E-state index is 13.3. The maximum atomic E-state index is 13.3. The van der Waals surface area contributed by atoms with Crippen LogP contribution < -0.4 is 5.32 Å². The van der Waals surface area contributed by atoms with Crippen LogP contribution in [0.2, 0.25) is 0 Å². The van der Waals surface area contributed by atoms with Gasteiger partial charge >= 0.3 is 0 Å². The van der Waals surface area contributed by atoms with Gasteiger partial charge in [0.2, 0.25) is 5.91 Å². The average molecular weight is 430 g/mol. The molecule has 0 radical (unpaired) electrons. The van der Waals surface area contributed by atoms with E-state index in [1.165, 1.54) is 28.4 Å². The van der Waals surface area contributed by atoms with Crippen molar-refractivity contribution in [2.45, 2.75) is 0 Å². The Balaban J connectivity index is 1.45. The normalized spacial score (nSPS) is 15.6. The second-order valence-electron chi connectivity index (χ2n) is 5.86. The Kier molecular flexibility index (Phi) is 5.21. The molecule has 1 aromatic heterocycles. The third kappa shape index (κ3) is 3.96. The molecule has 1 aliphatic rings. The van der Waals surface area contributed by atoms with E-state index in [-0.39, 0.29) is 18.3 Å². The predicted molar refractivity (Wildman–Crippen MR) is 115 cm³/mol. The Hall–Kier alpha value is -2.62. The standard InChI is InChI=1S/C19H12FN3O2S3/c20-12-6-7-13-14(9-12)27-18(21-13)22-16(24)10-23-17(25)15(28-19(23)26)8-11-4-2-1-3-5-11/h1-9H,10H2,(H,21,22,24)/b15-8-. The van der Waals surface area contributed by atoms with Gasteiger partial charge in [-0.05, 0) is 29.8 Å². The van der Waals surface area contributed by atoms with E-state index in [1.54, 1.807) is 12.1 Å². The third-order valence-corrected chi connectivity index (χ3v) is 6.18. The van der Waals surface area contributed by atoms with E-state index in [9.17, 15) is 14.0 Å². The Labute approximate surface area is 173 Å². The van der Waals surface area contributed by atoms with Crippen molar-refractivity contribution in [3.63, 3.8) is 0 Å². The number of amides is 2. The highest BCUT2D eigenvalue weighted by Crippen LogP contribution is 2.32. The average Bonchev–Trinajstić information content (AvgIpc) is 3.17. The van der Waals surface area contributed by atoms with Gasteiger partial charge in [0.25, 0.3) is 5.91 Å². The van der Waals surface area contributed by atoms with Crippen LogP contribution in [0.15, 0.2) is 53.4 Å². The molecule has 0 atom stereocenters. The van der Waals surface area contributed by atoms with Gasteiger partial charge in [0, 0.05) is 0 Å². The molecule has 3 aromatic rings. The number of nitrogens with zero attached hydrogens (tertiary/aromatic N) is 2. The molecule has 0 unspecified atom stereocenters. The van der Waals surface area contributed by atoms with Crippen LogP contribution in [-0.4, -0.2) is 32.6 Å². The van der Waals surface area contributed by atoms with Gasteiger partial charge < -0.3 is 5.32 Å². The fourth-order valence-corrected chi connectivity index (χ4v) is 4.75. The summed E-state index contributed by atoms with van der Waals surface area (Å²) in [4.78, 5) is 30.9. The molecule has 1 aliphatic heterocycles. The van der Waals surface area contributed by atoms with Crippen molar-refractivity contribution in [2.24, 2.45) is 0 Å². The van der Waals surface area contributed by atoms with E-state index >= 15 is 0 Å². The van der Waals surface area contributed by atoms with Crippen LogP contribution in [-0.2, 0) is 9.59 Å². The van der Waals surface area contributed by atoms with E-state index in [0.29, 0.717) is 24.6 Å². The number of hydrogen-bond acceptors (Lipinski definition) is 6. The lowest BCUT2D eigenvalue weighted by molar-refractivity contribution is -0.126. The number of thiocarbonyl (C=S) groups is 1. The number of thiazole rings is 1. The van der Waals surface area contributed by atoms with Gasteiger partial charge in [-0.15, -0.1) is 0 Å². The fraction of sp³-hybridized carbons (Fsp3) is 0.0526. The third-order valence-electron chi connectivity index (χ3n) is 3.87. The quantitative estimate of drug-likeness (QED) is 0.496. The van der Waals surface area contributed by atoms with Crippen LogP contribution in [0.1, 0.15) is 5.56 Å². The number of fused-ring (bicyclic) bond motifs is 1. The van der Waals surface area contributed by atoms with E-state index in [4.69, 9.17) is 12.2 Å². The first-order valence-electron chi connectivity index (χ1n) is 8.16. The number of halogens is 1. The lowest BCUT2D eigenvalue weighted by atomic mass is 10.2. The highest BCUT2D eigenvalue weighted by atomic mass is 32.2. The lowest BCUT2D eigenvalue weighted by Gasteiger charge is -2.13. The van der Waals surface area contributed by atoms with Crippen molar-refractivity contribution < 1.29 is 14.0 Å². The minimum atomic E-state index is -0.420. The molecule has 5 nitrogen and oxygen atoms in total. The number of benzene rings is 2. The summed E-state index contributed by atoms with van der Waals surface area (Å²) >= 11 is 7.58. The summed E-state index contributed by atoms with van der Waals surface area (Å²) in [5.74, 6) is -1.09. The number of aromatic nitrogens is 1. The van der Waals surface area contributed by atoms with E-state index in [1.807, 2.05) is 30.3 Å². The number of rotatable bonds is 4. The first-order valence-corrected chi connectivity index (χ1v) is 10.2. The Morgan fingerprint density at radius 1 is 1.25 bits per heavy atom. The molecule has 1 saturated heterocycles. The summed E-state index contributed by atoms with van der Waals surface area (Å²) in [6.45, 7) is -0.207. The monoisotopic (exact) mass is 429 g/mol. The first kappa shape index (κ1) is 18.7. The van der Waals surface area contributed by atoms with Crippen LogP contribution >= 0.6 is 35.3 Å². The second kappa shape index (κ2) is 7.78. The van der Waals surface area contributed by atoms with Crippen molar-refractivity contribution in [1.29, 1.82) is 0 Å². The largest absolute Gasteiger partial charge is 0.300 e. The van der Waals surface area contributed by atoms with E-state index in [2.05, 4.69) is 10.3 Å². The number of carbonyl (C=O) groups excluding carboxylic acids is 2. The fourth-order valence-electron chi connectivity index (χ4n) is 2.59. The van der Waals surface area contributed by atoms with Crippen molar-refractivity contribution in [3.05, 3.63) is 64.8 Å². The molecule has 2 heterocycles. The van der Waals surface area contributed by atoms with Crippen LogP contribution in [0.3, 0.4) is 0 Å². The van der Waals surface area contributed by atoms with Gasteiger partial charge in [0.05, 0.1) is 15.1 Å². The van der Waals surface area contributed by atoms with Crippen LogP contribution in [0.5, 0.6) is 0 Å². The Morgan fingerprint density at radius 3 is 2.82 bits per heavy atom. The SMILES string of the molecule is O=C(CN1C(=O)/C(=C/c2ccccc2)SC1=S)Nc1nc2ccc(F)cc2s1. The highest BCUT2D eigenvalue weighted by molar-refractivity contribution is 8.26. The molecule has 0 spiro atoms. The molecule has 0 bridgehead atoms. The summed E-state index contributed by atoms with van der Waals surface area (Å²) in [7, 11) is 0. The van der Waals surface area contributed by atoms with Gasteiger partial charge in [-0.1, -0.05) is 65.6 Å². The number of carbonyl (C=O) groups is 2. The topological polar surface area (TPSA) is 62.3 Å². The smallest absolute Gasteiger partial charge is 0.266 e. The number of anilines is 1. The molecule has 2 aromatic carbocycles. The molecule has 0 aliphatic carbocycles. The predicted octanol–water partition coefficient (Wildman–Crippen LogP) is 4.28. The molecule has 28 heavy (non-hydrogen) atoms. The number of nitrogens with one attached hydrogen (secondary N) is 1. The maximum Gasteiger partial charge on any atom is 0.266 e. The number of hydrogen-bond donors (Lipinski definition) is 1. The zero-order valence-electron chi connectivity index (χ0n) is 14.2. The molecule has 140 valence electrons. The Bertz CT molecular complexity index is 1130. The summed E-state index contributed by atoms with van der Waals surface area (Å²) < 4.78 is 14.2. The molecule has 0 saturated carbocycles. The Morgan fingerprint density at radius 2 is 2.04 bits per heavy atom. The van der Waals surface area contributed by atoms with Crippen LogP contribution in [0.4, 0.5) is 9.52 Å². The summed E-state index contributed by atoms with van der Waals surface area (Å²) in [5, 5.41) is 2.99. The van der Waals surface area contributed by atoms with Crippen molar-refractivity contribution >= 4 is 72.9 Å². The van der Waals surface area contributed by atoms with E-state index in [0.717, 1.165) is 17.3 Å². The van der Waals surface area contributed by atoms with Crippen molar-refractivity contribution in [2.75, 3.05) is 11.9 Å². The zero-order chi connectivity index (χ0) is 19.7. The van der Waals surface area contributed by atoms with Gasteiger partial charge in [0.1, 0.15) is 16.7 Å². The van der Waals surface area contributed by atoms with Gasteiger partial charge in [-0.25, -0.2) is 9.37 Å². The van der Waals surface area contributed by atoms with Crippen LogP contribution in [0.25, 0.3) is 16.3 Å². The van der Waals surface area contributed by atoms with Crippen LogP contribution in [0, 0.1) is 5.82 Å². The van der Waals surface area contributed by atoms with Gasteiger partial charge in [0.15, 0.2) is 5.13 Å². The molecule has 1 fully saturated rings. The summed E-state index contributed by atoms with van der Waals surface area (Å²) in [6, 6.07) is 13.6. The van der Waals surface area contributed by atoms with E-state index < -0.39 is 5.91 Å². The minimum absolute atomic E-state index is 0.207. The molecular formula is C19H12FN3O2S3. The zero-order valence-corrected chi connectivity index (χ0v) is 16.7. The molecule has 9 heteroatoms. The summed E-state index contributed by atoms with van der Waals surface area (Å²) in [6.07, 6.45) is 1.75. The van der Waals surface area contributed by atoms with Gasteiger partial charge in [-0.2, -0.15) is 0 Å². The van der Waals surface area contributed by atoms with Gasteiger partial charge in [-0.3, -0.25) is 14.5 Å². The highest BCUT2D eigenvalue weighted by Gasteiger charge is 2.33. The van der Waals surface area contributed by atoms with Crippen molar-refractivity contribution in [1.82, 2.24) is 9.88 Å². The van der Waals surface area contributed by atoms with Crippen molar-refractivity contribution in [3.8, 4) is 0 Å². The lowest BCUT2D eigenvalue weighted by Crippen LogP contribution is -2.36.